The van der Waals surface area contributed by atoms with Crippen molar-refractivity contribution in [1.29, 1.82) is 0 Å². The molecule has 0 saturated heterocycles. The molecule has 114 valence electrons. The number of carbonyl (C=O) groups excluding carboxylic acids is 2. The summed E-state index contributed by atoms with van der Waals surface area (Å²) >= 11 is 0. The number of hydrogen-bond donors (Lipinski definition) is 2. The standard InChI is InChI=1S/C12H21N3O5/c1-8-12(6-7-16,9(17)14(5)13-8)15(19)10(18)20-11(2,3)4/h16,19H,6-7H2,1-5H3. The molecule has 0 aromatic heterocycles. The van der Waals surface area contributed by atoms with Gasteiger partial charge in [-0.3, -0.25) is 10.0 Å². The fourth-order valence-electron chi connectivity index (χ4n) is 2.04. The zero-order chi connectivity index (χ0) is 15.7. The summed E-state index contributed by atoms with van der Waals surface area (Å²) in [6, 6.07) is 0. The van der Waals surface area contributed by atoms with Crippen molar-refractivity contribution >= 4 is 17.7 Å². The van der Waals surface area contributed by atoms with E-state index in [0.29, 0.717) is 0 Å². The van der Waals surface area contributed by atoms with Gasteiger partial charge in [0.1, 0.15) is 5.60 Å². The lowest BCUT2D eigenvalue weighted by molar-refractivity contribution is -0.167. The zero-order valence-corrected chi connectivity index (χ0v) is 12.4. The molecular formula is C12H21N3O5. The fraction of sp³-hybridized carbons (Fsp3) is 0.750. The van der Waals surface area contributed by atoms with Gasteiger partial charge in [-0.2, -0.15) is 10.2 Å². The first-order valence-corrected chi connectivity index (χ1v) is 6.23. The summed E-state index contributed by atoms with van der Waals surface area (Å²) in [4.78, 5) is 24.2. The van der Waals surface area contributed by atoms with Gasteiger partial charge in [0.05, 0.1) is 5.71 Å². The minimum atomic E-state index is -1.72. The second kappa shape index (κ2) is 5.37. The van der Waals surface area contributed by atoms with Gasteiger partial charge in [-0.1, -0.05) is 0 Å². The van der Waals surface area contributed by atoms with Gasteiger partial charge in [0.2, 0.25) is 0 Å². The topological polar surface area (TPSA) is 103 Å². The number of rotatable bonds is 3. The van der Waals surface area contributed by atoms with Gasteiger partial charge < -0.3 is 9.84 Å². The SMILES string of the molecule is CC1=NN(C)C(=O)C1(CCO)N(O)C(=O)OC(C)(C)C. The largest absolute Gasteiger partial charge is 0.442 e. The highest BCUT2D eigenvalue weighted by molar-refractivity contribution is 6.16. The first-order chi connectivity index (χ1) is 9.06. The van der Waals surface area contributed by atoms with Crippen LogP contribution in [0.15, 0.2) is 5.10 Å². The molecule has 8 heteroatoms. The summed E-state index contributed by atoms with van der Waals surface area (Å²) in [5.41, 5.74) is -2.32. The molecule has 0 aliphatic carbocycles. The van der Waals surface area contributed by atoms with E-state index in [2.05, 4.69) is 5.10 Å². The van der Waals surface area contributed by atoms with Crippen molar-refractivity contribution in [2.75, 3.05) is 13.7 Å². The number of amides is 2. The summed E-state index contributed by atoms with van der Waals surface area (Å²) in [5, 5.41) is 24.5. The van der Waals surface area contributed by atoms with Crippen LogP contribution in [0.2, 0.25) is 0 Å². The first kappa shape index (κ1) is 16.4. The molecule has 0 aromatic carbocycles. The number of ether oxygens (including phenoxy) is 1. The van der Waals surface area contributed by atoms with Crippen molar-refractivity contribution in [3.63, 3.8) is 0 Å². The molecule has 8 nitrogen and oxygen atoms in total. The number of carbonyl (C=O) groups is 2. The van der Waals surface area contributed by atoms with E-state index in [1.54, 1.807) is 20.8 Å². The van der Waals surface area contributed by atoms with E-state index in [9.17, 15) is 14.8 Å². The predicted molar refractivity (Wildman–Crippen MR) is 70.2 cm³/mol. The number of hydrazone groups is 1. The quantitative estimate of drug-likeness (QED) is 0.584. The normalized spacial score (nSPS) is 22.9. The van der Waals surface area contributed by atoms with Gasteiger partial charge in [-0.25, -0.2) is 9.80 Å². The van der Waals surface area contributed by atoms with Crippen molar-refractivity contribution in [3.8, 4) is 0 Å². The third kappa shape index (κ3) is 2.75. The Morgan fingerprint density at radius 3 is 2.40 bits per heavy atom. The first-order valence-electron chi connectivity index (χ1n) is 6.23. The molecule has 0 bridgehead atoms. The second-order valence-electron chi connectivity index (χ2n) is 5.64. The highest BCUT2D eigenvalue weighted by atomic mass is 16.6. The lowest BCUT2D eigenvalue weighted by Crippen LogP contribution is -2.60. The second-order valence-corrected chi connectivity index (χ2v) is 5.64. The van der Waals surface area contributed by atoms with Crippen molar-refractivity contribution in [2.45, 2.75) is 45.3 Å². The highest BCUT2D eigenvalue weighted by Crippen LogP contribution is 2.30. The van der Waals surface area contributed by atoms with E-state index in [1.165, 1.54) is 14.0 Å². The van der Waals surface area contributed by atoms with Crippen LogP contribution in [0.1, 0.15) is 34.1 Å². The van der Waals surface area contributed by atoms with Crippen LogP contribution in [-0.2, 0) is 9.53 Å². The van der Waals surface area contributed by atoms with Gasteiger partial charge in [-0.15, -0.1) is 0 Å². The van der Waals surface area contributed by atoms with Crippen LogP contribution in [0.4, 0.5) is 4.79 Å². The Balaban J connectivity index is 3.12. The molecule has 1 aliphatic rings. The van der Waals surface area contributed by atoms with Crippen LogP contribution in [0, 0.1) is 0 Å². The minimum absolute atomic E-state index is 0.165. The third-order valence-corrected chi connectivity index (χ3v) is 2.95. The predicted octanol–water partition coefficient (Wildman–Crippen LogP) is 0.582. The average molecular weight is 287 g/mol. The summed E-state index contributed by atoms with van der Waals surface area (Å²) in [7, 11) is 1.41. The summed E-state index contributed by atoms with van der Waals surface area (Å²) in [6.07, 6.45) is -1.23. The maximum Gasteiger partial charge on any atom is 0.435 e. The van der Waals surface area contributed by atoms with Crippen molar-refractivity contribution in [2.24, 2.45) is 5.10 Å². The molecule has 2 N–H and O–H groups in total. The van der Waals surface area contributed by atoms with E-state index in [4.69, 9.17) is 9.84 Å². The summed E-state index contributed by atoms with van der Waals surface area (Å²) in [6.45, 7) is 6.03. The monoisotopic (exact) mass is 287 g/mol. The van der Waals surface area contributed by atoms with E-state index >= 15 is 0 Å². The molecule has 0 saturated carbocycles. The van der Waals surface area contributed by atoms with E-state index in [0.717, 1.165) is 5.01 Å². The Bertz CT molecular complexity index is 443. The maximum absolute atomic E-state index is 12.2. The molecule has 0 fully saturated rings. The lowest BCUT2D eigenvalue weighted by Gasteiger charge is -2.35. The Hall–Kier alpha value is -1.67. The van der Waals surface area contributed by atoms with E-state index in [1.807, 2.05) is 0 Å². The third-order valence-electron chi connectivity index (χ3n) is 2.95. The number of aliphatic hydroxyl groups is 1. The maximum atomic E-state index is 12.2. The minimum Gasteiger partial charge on any atom is -0.442 e. The molecule has 1 aliphatic heterocycles. The molecule has 1 atom stereocenters. The molecule has 0 aromatic rings. The van der Waals surface area contributed by atoms with Crippen LogP contribution >= 0.6 is 0 Å². The van der Waals surface area contributed by atoms with Gasteiger partial charge in [0, 0.05) is 20.1 Å². The summed E-state index contributed by atoms with van der Waals surface area (Å²) in [5.74, 6) is -0.600. The Kier molecular flexibility index (Phi) is 4.40. The van der Waals surface area contributed by atoms with Crippen molar-refractivity contribution < 1.29 is 24.6 Å². The highest BCUT2D eigenvalue weighted by Gasteiger charge is 2.55. The van der Waals surface area contributed by atoms with Crippen LogP contribution in [0.5, 0.6) is 0 Å². The molecule has 1 rings (SSSR count). The average Bonchev–Trinajstić information content (AvgIpc) is 2.51. The Labute approximate surface area is 117 Å². The molecule has 0 spiro atoms. The number of hydrogen-bond acceptors (Lipinski definition) is 6. The lowest BCUT2D eigenvalue weighted by atomic mass is 9.90. The van der Waals surface area contributed by atoms with Gasteiger partial charge in [-0.05, 0) is 27.7 Å². The molecule has 1 heterocycles. The van der Waals surface area contributed by atoms with Gasteiger partial charge >= 0.3 is 6.09 Å². The number of likely N-dealkylation sites (N-methyl/N-ethyl adjacent to an activating group) is 1. The van der Waals surface area contributed by atoms with Crippen LogP contribution in [0.3, 0.4) is 0 Å². The van der Waals surface area contributed by atoms with Crippen LogP contribution in [-0.4, -0.2) is 62.9 Å². The Morgan fingerprint density at radius 2 is 2.05 bits per heavy atom. The molecular weight excluding hydrogens is 266 g/mol. The molecule has 1 unspecified atom stereocenters. The fourth-order valence-corrected chi connectivity index (χ4v) is 2.04. The number of nitrogens with zero attached hydrogens (tertiary/aromatic N) is 3. The smallest absolute Gasteiger partial charge is 0.435 e. The van der Waals surface area contributed by atoms with Crippen molar-refractivity contribution in [3.05, 3.63) is 0 Å². The van der Waals surface area contributed by atoms with E-state index in [-0.39, 0.29) is 17.2 Å². The van der Waals surface area contributed by atoms with Gasteiger partial charge in [0.15, 0.2) is 5.54 Å². The zero-order valence-electron chi connectivity index (χ0n) is 12.4. The Morgan fingerprint density at radius 1 is 1.50 bits per heavy atom. The van der Waals surface area contributed by atoms with Gasteiger partial charge in [0.25, 0.3) is 5.91 Å². The van der Waals surface area contributed by atoms with Crippen LogP contribution in [0.25, 0.3) is 0 Å². The molecule has 2 amide bonds. The van der Waals surface area contributed by atoms with Crippen LogP contribution < -0.4 is 0 Å². The van der Waals surface area contributed by atoms with E-state index < -0.39 is 29.7 Å². The molecule has 0 radical (unpaired) electrons. The summed E-state index contributed by atoms with van der Waals surface area (Å²) < 4.78 is 5.04. The number of aliphatic hydroxyl groups excluding tert-OH is 1. The number of hydroxylamine groups is 2. The van der Waals surface area contributed by atoms with Crippen molar-refractivity contribution in [1.82, 2.24) is 10.1 Å². The molecule has 20 heavy (non-hydrogen) atoms.